The number of hydrogen-bond donors (Lipinski definition) is 0. The number of rotatable bonds is 5. The quantitative estimate of drug-likeness (QED) is 0.784. The van der Waals surface area contributed by atoms with E-state index < -0.39 is 0 Å². The van der Waals surface area contributed by atoms with Crippen molar-refractivity contribution in [2.45, 2.75) is 0 Å². The van der Waals surface area contributed by atoms with Crippen molar-refractivity contribution >= 4 is 17.3 Å². The molecule has 20 heavy (non-hydrogen) atoms. The highest BCUT2D eigenvalue weighted by Gasteiger charge is 2.13. The van der Waals surface area contributed by atoms with Crippen molar-refractivity contribution in [3.8, 4) is 5.75 Å². The Bertz CT molecular complexity index is 552. The van der Waals surface area contributed by atoms with Gasteiger partial charge in [-0.1, -0.05) is 18.2 Å². The molecule has 2 aromatic carbocycles. The van der Waals surface area contributed by atoms with Crippen LogP contribution in [-0.2, 0) is 9.53 Å². The fourth-order valence-corrected chi connectivity index (χ4v) is 1.90. The smallest absolute Gasteiger partial charge is 0.325 e. The fourth-order valence-electron chi connectivity index (χ4n) is 1.90. The van der Waals surface area contributed by atoms with Crippen molar-refractivity contribution in [1.82, 2.24) is 0 Å². The summed E-state index contributed by atoms with van der Waals surface area (Å²) >= 11 is 0. The molecule has 0 fully saturated rings. The zero-order valence-corrected chi connectivity index (χ0v) is 11.6. The van der Waals surface area contributed by atoms with Crippen LogP contribution in [0.4, 0.5) is 11.4 Å². The predicted octanol–water partition coefficient (Wildman–Crippen LogP) is 3.01. The first-order valence-corrected chi connectivity index (χ1v) is 6.28. The van der Waals surface area contributed by atoms with Gasteiger partial charge in [-0.3, -0.25) is 4.79 Å². The van der Waals surface area contributed by atoms with Gasteiger partial charge >= 0.3 is 5.97 Å². The molecule has 0 heterocycles. The third kappa shape index (κ3) is 3.29. The van der Waals surface area contributed by atoms with E-state index in [1.807, 2.05) is 59.5 Å². The van der Waals surface area contributed by atoms with Crippen LogP contribution in [0, 0.1) is 0 Å². The summed E-state index contributed by atoms with van der Waals surface area (Å²) < 4.78 is 9.91. The standard InChI is InChI=1S/C16H17NO3/c1-19-15-10-8-14(9-11-15)17(12-16(18)20-2)13-6-4-3-5-7-13/h3-11H,12H2,1-2H3. The Morgan fingerprint density at radius 3 is 2.10 bits per heavy atom. The molecule has 0 saturated carbocycles. The lowest BCUT2D eigenvalue weighted by molar-refractivity contribution is -0.138. The Morgan fingerprint density at radius 2 is 1.55 bits per heavy atom. The third-order valence-electron chi connectivity index (χ3n) is 2.97. The number of esters is 1. The normalized spacial score (nSPS) is 9.90. The lowest BCUT2D eigenvalue weighted by Gasteiger charge is -2.23. The number of nitrogens with zero attached hydrogens (tertiary/aromatic N) is 1. The lowest BCUT2D eigenvalue weighted by Crippen LogP contribution is -2.26. The molecule has 4 nitrogen and oxygen atoms in total. The Kier molecular flexibility index (Phi) is 4.60. The van der Waals surface area contributed by atoms with E-state index in [1.54, 1.807) is 7.11 Å². The predicted molar refractivity (Wildman–Crippen MR) is 78.5 cm³/mol. The van der Waals surface area contributed by atoms with Crippen LogP contribution in [0.15, 0.2) is 54.6 Å². The minimum absolute atomic E-state index is 0.160. The number of para-hydroxylation sites is 1. The maximum atomic E-state index is 11.6. The van der Waals surface area contributed by atoms with E-state index in [9.17, 15) is 4.79 Å². The number of carbonyl (C=O) groups is 1. The van der Waals surface area contributed by atoms with Gasteiger partial charge in [0.15, 0.2) is 0 Å². The second-order valence-corrected chi connectivity index (χ2v) is 4.20. The summed E-state index contributed by atoms with van der Waals surface area (Å²) in [5.74, 6) is 0.490. The van der Waals surface area contributed by atoms with Gasteiger partial charge in [0.2, 0.25) is 0 Å². The lowest BCUT2D eigenvalue weighted by atomic mass is 10.2. The average molecular weight is 271 g/mol. The van der Waals surface area contributed by atoms with Crippen molar-refractivity contribution in [1.29, 1.82) is 0 Å². The topological polar surface area (TPSA) is 38.8 Å². The summed E-state index contributed by atoms with van der Waals surface area (Å²) in [5, 5.41) is 0. The van der Waals surface area contributed by atoms with Crippen molar-refractivity contribution in [2.24, 2.45) is 0 Å². The fraction of sp³-hybridized carbons (Fsp3) is 0.188. The molecular formula is C16H17NO3. The molecule has 0 radical (unpaired) electrons. The SMILES string of the molecule is COC(=O)CN(c1ccccc1)c1ccc(OC)cc1. The van der Waals surface area contributed by atoms with Crippen LogP contribution in [0.1, 0.15) is 0 Å². The Labute approximate surface area is 118 Å². The van der Waals surface area contributed by atoms with Gasteiger partial charge in [0.25, 0.3) is 0 Å². The second kappa shape index (κ2) is 6.61. The van der Waals surface area contributed by atoms with Gasteiger partial charge < -0.3 is 14.4 Å². The first kappa shape index (κ1) is 13.9. The molecule has 0 saturated heterocycles. The van der Waals surface area contributed by atoms with Gasteiger partial charge in [0.05, 0.1) is 14.2 Å². The molecule has 0 aliphatic carbocycles. The molecule has 0 aliphatic rings. The number of methoxy groups -OCH3 is 2. The van der Waals surface area contributed by atoms with E-state index in [1.165, 1.54) is 7.11 Å². The molecule has 0 atom stereocenters. The van der Waals surface area contributed by atoms with Gasteiger partial charge in [0.1, 0.15) is 12.3 Å². The summed E-state index contributed by atoms with van der Waals surface area (Å²) in [7, 11) is 3.01. The Hall–Kier alpha value is -2.49. The van der Waals surface area contributed by atoms with Crippen molar-refractivity contribution in [2.75, 3.05) is 25.7 Å². The first-order valence-electron chi connectivity index (χ1n) is 6.28. The van der Waals surface area contributed by atoms with E-state index in [-0.39, 0.29) is 12.5 Å². The van der Waals surface area contributed by atoms with Crippen LogP contribution >= 0.6 is 0 Å². The van der Waals surface area contributed by atoms with Crippen LogP contribution in [0.3, 0.4) is 0 Å². The molecule has 0 spiro atoms. The number of hydrogen-bond acceptors (Lipinski definition) is 4. The molecule has 0 unspecified atom stereocenters. The molecule has 0 bridgehead atoms. The molecule has 0 aliphatic heterocycles. The molecule has 2 aromatic rings. The van der Waals surface area contributed by atoms with Crippen LogP contribution < -0.4 is 9.64 Å². The molecule has 2 rings (SSSR count). The summed E-state index contributed by atoms with van der Waals surface area (Å²) in [6.07, 6.45) is 0. The van der Waals surface area contributed by atoms with Crippen molar-refractivity contribution in [3.05, 3.63) is 54.6 Å². The number of anilines is 2. The van der Waals surface area contributed by atoms with Crippen LogP contribution in [0.25, 0.3) is 0 Å². The number of carbonyl (C=O) groups excluding carboxylic acids is 1. The summed E-state index contributed by atoms with van der Waals surface area (Å²) in [5.41, 5.74) is 1.84. The van der Waals surface area contributed by atoms with Gasteiger partial charge in [-0.05, 0) is 36.4 Å². The average Bonchev–Trinajstić information content (AvgIpc) is 2.53. The molecule has 104 valence electrons. The highest BCUT2D eigenvalue weighted by molar-refractivity contribution is 5.80. The minimum atomic E-state index is -0.287. The van der Waals surface area contributed by atoms with Gasteiger partial charge in [0, 0.05) is 11.4 Å². The van der Waals surface area contributed by atoms with Crippen LogP contribution in [-0.4, -0.2) is 26.7 Å². The molecule has 0 N–H and O–H groups in total. The second-order valence-electron chi connectivity index (χ2n) is 4.20. The van der Waals surface area contributed by atoms with Crippen molar-refractivity contribution < 1.29 is 14.3 Å². The number of ether oxygens (including phenoxy) is 2. The molecular weight excluding hydrogens is 254 g/mol. The maximum absolute atomic E-state index is 11.6. The third-order valence-corrected chi connectivity index (χ3v) is 2.97. The minimum Gasteiger partial charge on any atom is -0.497 e. The van der Waals surface area contributed by atoms with Crippen molar-refractivity contribution in [3.63, 3.8) is 0 Å². The van der Waals surface area contributed by atoms with Gasteiger partial charge in [-0.2, -0.15) is 0 Å². The zero-order valence-electron chi connectivity index (χ0n) is 11.6. The van der Waals surface area contributed by atoms with Crippen LogP contribution in [0.2, 0.25) is 0 Å². The Morgan fingerprint density at radius 1 is 0.950 bits per heavy atom. The van der Waals surface area contributed by atoms with Gasteiger partial charge in [-0.15, -0.1) is 0 Å². The Balaban J connectivity index is 2.32. The van der Waals surface area contributed by atoms with Gasteiger partial charge in [-0.25, -0.2) is 0 Å². The highest BCUT2D eigenvalue weighted by atomic mass is 16.5. The summed E-state index contributed by atoms with van der Waals surface area (Å²) in [6, 6.07) is 17.3. The largest absolute Gasteiger partial charge is 0.497 e. The maximum Gasteiger partial charge on any atom is 0.325 e. The van der Waals surface area contributed by atoms with E-state index in [4.69, 9.17) is 9.47 Å². The van der Waals surface area contributed by atoms with E-state index >= 15 is 0 Å². The van der Waals surface area contributed by atoms with E-state index in [2.05, 4.69) is 0 Å². The van der Waals surface area contributed by atoms with Crippen LogP contribution in [0.5, 0.6) is 5.75 Å². The monoisotopic (exact) mass is 271 g/mol. The van der Waals surface area contributed by atoms with E-state index in [0.29, 0.717) is 0 Å². The molecule has 0 aromatic heterocycles. The molecule has 0 amide bonds. The summed E-state index contributed by atoms with van der Waals surface area (Å²) in [4.78, 5) is 13.5. The molecule has 4 heteroatoms. The number of benzene rings is 2. The zero-order chi connectivity index (χ0) is 14.4. The van der Waals surface area contributed by atoms with E-state index in [0.717, 1.165) is 17.1 Å². The summed E-state index contributed by atoms with van der Waals surface area (Å²) in [6.45, 7) is 0.160. The highest BCUT2D eigenvalue weighted by Crippen LogP contribution is 2.26. The first-order chi connectivity index (χ1) is 9.74.